The summed E-state index contributed by atoms with van der Waals surface area (Å²) < 4.78 is 0. The van der Waals surface area contributed by atoms with Gasteiger partial charge in [0.1, 0.15) is 0 Å². The number of likely N-dealkylation sites (tertiary alicyclic amines) is 1. The van der Waals surface area contributed by atoms with Crippen molar-refractivity contribution in [3.8, 4) is 0 Å². The summed E-state index contributed by atoms with van der Waals surface area (Å²) in [4.78, 5) is 9.49. The Labute approximate surface area is 127 Å². The summed E-state index contributed by atoms with van der Waals surface area (Å²) in [6.07, 6.45) is 2.63. The molecular weight excluding hydrogens is 268 g/mol. The molecule has 0 aromatic carbocycles. The highest BCUT2D eigenvalue weighted by atomic mass is 32.1. The van der Waals surface area contributed by atoms with Gasteiger partial charge in [0.2, 0.25) is 0 Å². The molecule has 5 heteroatoms. The average molecular weight is 296 g/mol. The minimum absolute atomic E-state index is 0.511. The Bertz CT molecular complexity index is 396. The Morgan fingerprint density at radius 3 is 2.80 bits per heavy atom. The van der Waals surface area contributed by atoms with E-state index in [4.69, 9.17) is 4.98 Å². The molecule has 1 aromatic heterocycles. The largest absolute Gasteiger partial charge is 0.351 e. The van der Waals surface area contributed by atoms with Crippen molar-refractivity contribution in [2.75, 3.05) is 38.6 Å². The number of piperidine rings is 1. The van der Waals surface area contributed by atoms with Gasteiger partial charge < -0.3 is 15.1 Å². The third kappa shape index (κ3) is 4.72. The number of thiazole rings is 1. The van der Waals surface area contributed by atoms with Crippen LogP contribution in [0.1, 0.15) is 32.4 Å². The van der Waals surface area contributed by atoms with Crippen LogP contribution >= 0.6 is 11.3 Å². The van der Waals surface area contributed by atoms with Crippen molar-refractivity contribution in [1.82, 2.24) is 15.2 Å². The van der Waals surface area contributed by atoms with Gasteiger partial charge in [-0.15, -0.1) is 11.3 Å². The second-order valence-corrected chi connectivity index (χ2v) is 7.12. The summed E-state index contributed by atoms with van der Waals surface area (Å²) in [7, 11) is 4.39. The van der Waals surface area contributed by atoms with Crippen LogP contribution in [0.4, 0.5) is 5.13 Å². The lowest BCUT2D eigenvalue weighted by atomic mass is 9.97. The van der Waals surface area contributed by atoms with E-state index >= 15 is 0 Å². The minimum atomic E-state index is 0.511. The van der Waals surface area contributed by atoms with Gasteiger partial charge in [0.25, 0.3) is 0 Å². The molecule has 0 spiro atoms. The van der Waals surface area contributed by atoms with Crippen molar-refractivity contribution in [2.45, 2.75) is 39.3 Å². The summed E-state index contributed by atoms with van der Waals surface area (Å²) in [6, 6.07) is 0.511. The molecule has 0 aliphatic carbocycles. The summed E-state index contributed by atoms with van der Waals surface area (Å²) in [5.41, 5.74) is 1.16. The van der Waals surface area contributed by atoms with Gasteiger partial charge in [-0.2, -0.15) is 0 Å². The zero-order valence-corrected chi connectivity index (χ0v) is 14.0. The van der Waals surface area contributed by atoms with Crippen molar-refractivity contribution in [3.63, 3.8) is 0 Å². The smallest absolute Gasteiger partial charge is 0.185 e. The lowest BCUT2D eigenvalue weighted by Crippen LogP contribution is -2.35. The maximum atomic E-state index is 4.73. The molecule has 0 unspecified atom stereocenters. The molecule has 0 atom stereocenters. The zero-order valence-electron chi connectivity index (χ0n) is 13.2. The van der Waals surface area contributed by atoms with Crippen LogP contribution < -0.4 is 10.2 Å². The Morgan fingerprint density at radius 2 is 2.15 bits per heavy atom. The van der Waals surface area contributed by atoms with E-state index in [-0.39, 0.29) is 0 Å². The molecule has 2 rings (SSSR count). The molecule has 0 amide bonds. The lowest BCUT2D eigenvalue weighted by Gasteiger charge is -2.31. The molecule has 0 radical (unpaired) electrons. The third-order valence-electron chi connectivity index (χ3n) is 3.93. The highest BCUT2D eigenvalue weighted by molar-refractivity contribution is 7.13. The van der Waals surface area contributed by atoms with Gasteiger partial charge in [-0.05, 0) is 38.9 Å². The Balaban J connectivity index is 1.81. The predicted octanol–water partition coefficient (Wildman–Crippen LogP) is 2.42. The molecule has 1 saturated heterocycles. The third-order valence-corrected chi connectivity index (χ3v) is 4.93. The first-order valence-corrected chi connectivity index (χ1v) is 8.50. The number of nitrogens with zero attached hydrogens (tertiary/aromatic N) is 3. The minimum Gasteiger partial charge on any atom is -0.351 e. The zero-order chi connectivity index (χ0) is 14.5. The van der Waals surface area contributed by atoms with E-state index in [1.54, 1.807) is 11.3 Å². The lowest BCUT2D eigenvalue weighted by molar-refractivity contribution is 0.222. The Morgan fingerprint density at radius 1 is 1.45 bits per heavy atom. The van der Waals surface area contributed by atoms with Gasteiger partial charge >= 0.3 is 0 Å². The van der Waals surface area contributed by atoms with Crippen molar-refractivity contribution < 1.29 is 0 Å². The standard InChI is InChI=1S/C15H28N4S/c1-12(2)16-9-14-11-20-15(17-14)19(4)10-13-5-7-18(3)8-6-13/h11-13,16H,5-10H2,1-4H3. The van der Waals surface area contributed by atoms with Crippen LogP contribution in [-0.4, -0.2) is 49.7 Å². The summed E-state index contributed by atoms with van der Waals surface area (Å²) in [5, 5.41) is 6.75. The van der Waals surface area contributed by atoms with Gasteiger partial charge in [0.05, 0.1) is 5.69 Å². The van der Waals surface area contributed by atoms with E-state index in [2.05, 4.69) is 48.4 Å². The summed E-state index contributed by atoms with van der Waals surface area (Å²) >= 11 is 1.76. The second-order valence-electron chi connectivity index (χ2n) is 6.28. The Hall–Kier alpha value is -0.650. The van der Waals surface area contributed by atoms with Crippen LogP contribution in [0.15, 0.2) is 5.38 Å². The molecule has 0 bridgehead atoms. The molecule has 20 heavy (non-hydrogen) atoms. The van der Waals surface area contributed by atoms with E-state index in [1.165, 1.54) is 25.9 Å². The van der Waals surface area contributed by atoms with Gasteiger partial charge in [0.15, 0.2) is 5.13 Å². The number of rotatable bonds is 6. The van der Waals surface area contributed by atoms with Gasteiger partial charge in [-0.1, -0.05) is 13.8 Å². The summed E-state index contributed by atoms with van der Waals surface area (Å²) in [5.74, 6) is 0.817. The maximum Gasteiger partial charge on any atom is 0.185 e. The first-order chi connectivity index (χ1) is 9.54. The van der Waals surface area contributed by atoms with Gasteiger partial charge in [-0.3, -0.25) is 0 Å². The molecule has 0 saturated carbocycles. The van der Waals surface area contributed by atoms with Crippen LogP contribution in [0.3, 0.4) is 0 Å². The van der Waals surface area contributed by atoms with E-state index in [1.807, 2.05) is 0 Å². The normalized spacial score (nSPS) is 17.9. The molecular formula is C15H28N4S. The Kier molecular flexibility index (Phi) is 5.81. The monoisotopic (exact) mass is 296 g/mol. The number of aromatic nitrogens is 1. The molecule has 1 fully saturated rings. The fourth-order valence-electron chi connectivity index (χ4n) is 2.57. The first-order valence-electron chi connectivity index (χ1n) is 7.62. The topological polar surface area (TPSA) is 31.4 Å². The van der Waals surface area contributed by atoms with E-state index < -0.39 is 0 Å². The van der Waals surface area contributed by atoms with Crippen LogP contribution in [0.25, 0.3) is 0 Å². The number of nitrogens with one attached hydrogen (secondary N) is 1. The SMILES string of the molecule is CC(C)NCc1csc(N(C)CC2CCN(C)CC2)n1. The number of hydrogen-bond acceptors (Lipinski definition) is 5. The fourth-order valence-corrected chi connectivity index (χ4v) is 3.37. The first kappa shape index (κ1) is 15.7. The molecule has 1 N–H and O–H groups in total. The molecule has 1 aromatic rings. The average Bonchev–Trinajstić information content (AvgIpc) is 2.88. The van der Waals surface area contributed by atoms with E-state index in [9.17, 15) is 0 Å². The molecule has 1 aliphatic heterocycles. The summed E-state index contributed by atoms with van der Waals surface area (Å²) in [6.45, 7) is 8.81. The van der Waals surface area contributed by atoms with Crippen molar-refractivity contribution >= 4 is 16.5 Å². The van der Waals surface area contributed by atoms with Gasteiger partial charge in [-0.25, -0.2) is 4.98 Å². The number of hydrogen-bond donors (Lipinski definition) is 1. The fraction of sp³-hybridized carbons (Fsp3) is 0.800. The molecule has 2 heterocycles. The molecule has 4 nitrogen and oxygen atoms in total. The van der Waals surface area contributed by atoms with Crippen LogP contribution in [0.2, 0.25) is 0 Å². The molecule has 1 aliphatic rings. The van der Waals surface area contributed by atoms with Crippen molar-refractivity contribution in [2.24, 2.45) is 5.92 Å². The number of anilines is 1. The van der Waals surface area contributed by atoms with Crippen molar-refractivity contribution in [3.05, 3.63) is 11.1 Å². The van der Waals surface area contributed by atoms with Crippen LogP contribution in [0, 0.1) is 5.92 Å². The predicted molar refractivity (Wildman–Crippen MR) is 87.6 cm³/mol. The molecule has 114 valence electrons. The van der Waals surface area contributed by atoms with Gasteiger partial charge in [0, 0.05) is 31.6 Å². The quantitative estimate of drug-likeness (QED) is 0.873. The van der Waals surface area contributed by atoms with Crippen LogP contribution in [0.5, 0.6) is 0 Å². The van der Waals surface area contributed by atoms with E-state index in [0.29, 0.717) is 6.04 Å². The highest BCUT2D eigenvalue weighted by Crippen LogP contribution is 2.23. The van der Waals surface area contributed by atoms with Crippen LogP contribution in [-0.2, 0) is 6.54 Å². The van der Waals surface area contributed by atoms with E-state index in [0.717, 1.165) is 29.8 Å². The highest BCUT2D eigenvalue weighted by Gasteiger charge is 2.19. The second kappa shape index (κ2) is 7.38. The maximum absolute atomic E-state index is 4.73. The van der Waals surface area contributed by atoms with Crippen molar-refractivity contribution in [1.29, 1.82) is 0 Å².